The number of aldehydes is 2. The van der Waals surface area contributed by atoms with E-state index in [-0.39, 0.29) is 25.8 Å². The largest absolute Gasteiger partial charge is 0.396 e. The van der Waals surface area contributed by atoms with Gasteiger partial charge in [-0.05, 0) is 6.42 Å². The molecule has 0 aliphatic carbocycles. The number of carbonyl (C=O) groups is 2. The van der Waals surface area contributed by atoms with Crippen molar-refractivity contribution in [2.45, 2.75) is 6.42 Å². The Bertz CT molecular complexity index is 54.0. The lowest BCUT2D eigenvalue weighted by Gasteiger charge is -1.79. The molecule has 0 aromatic rings. The van der Waals surface area contributed by atoms with Crippen molar-refractivity contribution in [2.75, 3.05) is 13.2 Å². The molecule has 0 fully saturated rings. The third-order valence-electron chi connectivity index (χ3n) is 0.372. The molecule has 0 atom stereocenters. The number of hydrogen-bond acceptors (Lipinski definition) is 4. The lowest BCUT2D eigenvalue weighted by atomic mass is 10.5. The molecule has 0 aliphatic rings. The highest BCUT2D eigenvalue weighted by Gasteiger charge is 1.70. The standard InChI is InChI=1S/C3H8O2.C2H2O2/c4-2-1-3-5;3-1-2-4/h4-5H,1-3H2;1-2H. The van der Waals surface area contributed by atoms with Gasteiger partial charge in [-0.25, -0.2) is 0 Å². The Hall–Kier alpha value is -0.740. The monoisotopic (exact) mass is 134 g/mol. The molecule has 0 rings (SSSR count). The van der Waals surface area contributed by atoms with Crippen molar-refractivity contribution in [3.8, 4) is 0 Å². The van der Waals surface area contributed by atoms with Gasteiger partial charge in [0.05, 0.1) is 0 Å². The molecule has 0 amide bonds. The van der Waals surface area contributed by atoms with Crippen LogP contribution in [0.1, 0.15) is 6.42 Å². The Morgan fingerprint density at radius 1 is 1.00 bits per heavy atom. The fourth-order valence-electron chi connectivity index (χ4n) is 0.0707. The van der Waals surface area contributed by atoms with Crippen LogP contribution in [0.5, 0.6) is 0 Å². The van der Waals surface area contributed by atoms with Crippen molar-refractivity contribution < 1.29 is 19.8 Å². The van der Waals surface area contributed by atoms with Crippen LogP contribution >= 0.6 is 0 Å². The Kier molecular flexibility index (Phi) is 19.4. The van der Waals surface area contributed by atoms with Crippen molar-refractivity contribution in [1.82, 2.24) is 0 Å². The summed E-state index contributed by atoms with van der Waals surface area (Å²) < 4.78 is 0. The molecule has 2 N–H and O–H groups in total. The van der Waals surface area contributed by atoms with Gasteiger partial charge in [0.25, 0.3) is 0 Å². The summed E-state index contributed by atoms with van der Waals surface area (Å²) in [6, 6.07) is 0. The SMILES string of the molecule is O=CC=O.OCCCO. The molecule has 0 bridgehead atoms. The molecule has 0 unspecified atom stereocenters. The van der Waals surface area contributed by atoms with Gasteiger partial charge in [0, 0.05) is 13.2 Å². The predicted octanol–water partition coefficient (Wildman–Crippen LogP) is -1.25. The Labute approximate surface area is 53.1 Å². The van der Waals surface area contributed by atoms with Crippen LogP contribution in [0.15, 0.2) is 0 Å². The summed E-state index contributed by atoms with van der Waals surface area (Å²) in [5.74, 6) is 0. The Balaban J connectivity index is 0. The number of carbonyl (C=O) groups excluding carboxylic acids is 2. The Morgan fingerprint density at radius 2 is 1.33 bits per heavy atom. The van der Waals surface area contributed by atoms with Crippen LogP contribution in [0.25, 0.3) is 0 Å². The maximum atomic E-state index is 8.81. The topological polar surface area (TPSA) is 74.6 Å². The highest BCUT2D eigenvalue weighted by molar-refractivity contribution is 6.09. The molecule has 0 spiro atoms. The van der Waals surface area contributed by atoms with Crippen LogP contribution in [0.3, 0.4) is 0 Å². The van der Waals surface area contributed by atoms with Crippen molar-refractivity contribution in [3.63, 3.8) is 0 Å². The lowest BCUT2D eigenvalue weighted by molar-refractivity contribution is -0.122. The maximum absolute atomic E-state index is 8.81. The molecule has 0 aromatic heterocycles. The second-order valence-corrected chi connectivity index (χ2v) is 1.07. The number of aliphatic hydroxyl groups excluding tert-OH is 2. The normalized spacial score (nSPS) is 6.89. The molecule has 0 heterocycles. The fraction of sp³-hybridized carbons (Fsp3) is 0.600. The van der Waals surface area contributed by atoms with Crippen LogP contribution in [0.4, 0.5) is 0 Å². The van der Waals surface area contributed by atoms with Crippen LogP contribution in [-0.2, 0) is 9.59 Å². The third-order valence-corrected chi connectivity index (χ3v) is 0.372. The van der Waals surface area contributed by atoms with E-state index in [0.717, 1.165) is 0 Å². The minimum absolute atomic E-state index is 0.0938. The number of hydrogen-bond donors (Lipinski definition) is 2. The van der Waals surface area contributed by atoms with Crippen molar-refractivity contribution >= 4 is 12.6 Å². The minimum Gasteiger partial charge on any atom is -0.396 e. The Morgan fingerprint density at radius 3 is 1.33 bits per heavy atom. The summed E-state index contributed by atoms with van der Waals surface area (Å²) in [6.45, 7) is 0.188. The summed E-state index contributed by atoms with van der Waals surface area (Å²) in [7, 11) is 0. The summed E-state index contributed by atoms with van der Waals surface area (Å²) >= 11 is 0. The van der Waals surface area contributed by atoms with Crippen molar-refractivity contribution in [2.24, 2.45) is 0 Å². The maximum Gasteiger partial charge on any atom is 0.182 e. The van der Waals surface area contributed by atoms with Gasteiger partial charge in [-0.2, -0.15) is 0 Å². The van der Waals surface area contributed by atoms with Gasteiger partial charge in [0.15, 0.2) is 12.6 Å². The van der Waals surface area contributed by atoms with E-state index in [9.17, 15) is 0 Å². The number of rotatable bonds is 3. The second-order valence-electron chi connectivity index (χ2n) is 1.07. The van der Waals surface area contributed by atoms with Crippen LogP contribution in [0.2, 0.25) is 0 Å². The van der Waals surface area contributed by atoms with E-state index < -0.39 is 0 Å². The second kappa shape index (κ2) is 15.7. The molecule has 54 valence electrons. The molecule has 0 radical (unpaired) electrons. The van der Waals surface area contributed by atoms with E-state index in [1.54, 1.807) is 0 Å². The fourth-order valence-corrected chi connectivity index (χ4v) is 0.0707. The predicted molar refractivity (Wildman–Crippen MR) is 30.9 cm³/mol. The highest BCUT2D eigenvalue weighted by Crippen LogP contribution is 1.65. The average molecular weight is 134 g/mol. The quantitative estimate of drug-likeness (QED) is 0.373. The molecule has 9 heavy (non-hydrogen) atoms. The zero-order valence-corrected chi connectivity index (χ0v) is 4.99. The minimum atomic E-state index is 0.0938. The van der Waals surface area contributed by atoms with Gasteiger partial charge in [-0.1, -0.05) is 0 Å². The number of aliphatic hydroxyl groups is 2. The smallest absolute Gasteiger partial charge is 0.182 e. The molecular weight excluding hydrogens is 124 g/mol. The van der Waals surface area contributed by atoms with E-state index in [1.807, 2.05) is 0 Å². The zero-order chi connectivity index (χ0) is 7.54. The first-order valence-electron chi connectivity index (χ1n) is 2.44. The van der Waals surface area contributed by atoms with Crippen LogP contribution in [-0.4, -0.2) is 36.0 Å². The van der Waals surface area contributed by atoms with Gasteiger partial charge >= 0.3 is 0 Å². The lowest BCUT2D eigenvalue weighted by Crippen LogP contribution is -1.85. The van der Waals surface area contributed by atoms with E-state index in [0.29, 0.717) is 6.42 Å². The van der Waals surface area contributed by atoms with Crippen LogP contribution in [0, 0.1) is 0 Å². The highest BCUT2D eigenvalue weighted by atomic mass is 16.3. The molecule has 4 heteroatoms. The molecular formula is C5H10O4. The van der Waals surface area contributed by atoms with E-state index in [4.69, 9.17) is 19.8 Å². The van der Waals surface area contributed by atoms with Crippen LogP contribution < -0.4 is 0 Å². The van der Waals surface area contributed by atoms with Gasteiger partial charge in [0.2, 0.25) is 0 Å². The first-order valence-corrected chi connectivity index (χ1v) is 2.44. The molecule has 0 saturated carbocycles. The molecule has 0 aliphatic heterocycles. The van der Waals surface area contributed by atoms with E-state index >= 15 is 0 Å². The molecule has 0 saturated heterocycles. The molecule has 4 nitrogen and oxygen atoms in total. The van der Waals surface area contributed by atoms with Crippen molar-refractivity contribution in [3.05, 3.63) is 0 Å². The van der Waals surface area contributed by atoms with Gasteiger partial charge < -0.3 is 10.2 Å². The average Bonchev–Trinajstić information content (AvgIpc) is 1.91. The van der Waals surface area contributed by atoms with E-state index in [2.05, 4.69) is 0 Å². The van der Waals surface area contributed by atoms with Crippen molar-refractivity contribution in [1.29, 1.82) is 0 Å². The summed E-state index contributed by atoms with van der Waals surface area (Å²) in [4.78, 5) is 17.6. The summed E-state index contributed by atoms with van der Waals surface area (Å²) in [6.07, 6.45) is 0.889. The van der Waals surface area contributed by atoms with Gasteiger partial charge in [-0.15, -0.1) is 0 Å². The van der Waals surface area contributed by atoms with E-state index in [1.165, 1.54) is 0 Å². The van der Waals surface area contributed by atoms with Gasteiger partial charge in [0.1, 0.15) is 0 Å². The van der Waals surface area contributed by atoms with Gasteiger partial charge in [-0.3, -0.25) is 9.59 Å². The summed E-state index contributed by atoms with van der Waals surface area (Å²) in [5, 5.41) is 15.8. The first-order chi connectivity index (χ1) is 4.33. The first kappa shape index (κ1) is 11.1. The summed E-state index contributed by atoms with van der Waals surface area (Å²) in [5.41, 5.74) is 0. The molecule has 0 aromatic carbocycles. The third kappa shape index (κ3) is 39.3. The zero-order valence-electron chi connectivity index (χ0n) is 4.99.